The molecule has 2 aromatic carbocycles. The topological polar surface area (TPSA) is 77.2 Å². The molecule has 0 radical (unpaired) electrons. The monoisotopic (exact) mass is 323 g/mol. The molecule has 0 saturated carbocycles. The van der Waals surface area contributed by atoms with Crippen molar-refractivity contribution in [1.82, 2.24) is 15.5 Å². The Kier molecular flexibility index (Phi) is 4.56. The van der Waals surface area contributed by atoms with E-state index in [0.717, 1.165) is 11.3 Å². The molecule has 24 heavy (non-hydrogen) atoms. The number of benzene rings is 2. The maximum absolute atomic E-state index is 12.0. The van der Waals surface area contributed by atoms with Gasteiger partial charge in [-0.2, -0.15) is 4.98 Å². The summed E-state index contributed by atoms with van der Waals surface area (Å²) in [6, 6.07) is 14.8. The molecule has 6 heteroatoms. The molecule has 0 spiro atoms. The summed E-state index contributed by atoms with van der Waals surface area (Å²) in [5, 5.41) is 6.62. The number of hydrogen-bond donors (Lipinski definition) is 1. The number of hydrogen-bond acceptors (Lipinski definition) is 5. The average Bonchev–Trinajstić information content (AvgIpc) is 3.10. The third-order valence-electron chi connectivity index (χ3n) is 3.62. The summed E-state index contributed by atoms with van der Waals surface area (Å²) in [6.45, 7) is 0. The number of aromatic nitrogens is 2. The van der Waals surface area contributed by atoms with E-state index in [1.165, 1.54) is 0 Å². The Labute approximate surface area is 139 Å². The van der Waals surface area contributed by atoms with Crippen LogP contribution in [-0.4, -0.2) is 30.2 Å². The van der Waals surface area contributed by atoms with Crippen molar-refractivity contribution in [2.45, 2.75) is 6.42 Å². The zero-order valence-corrected chi connectivity index (χ0v) is 13.4. The Bertz CT molecular complexity index is 841. The molecule has 1 aromatic heterocycles. The van der Waals surface area contributed by atoms with Crippen molar-refractivity contribution < 1.29 is 14.1 Å². The van der Waals surface area contributed by atoms with Crippen molar-refractivity contribution >= 4 is 5.91 Å². The van der Waals surface area contributed by atoms with Crippen molar-refractivity contribution in [2.24, 2.45) is 0 Å². The summed E-state index contributed by atoms with van der Waals surface area (Å²) in [5.41, 5.74) is 2.16. The van der Waals surface area contributed by atoms with Gasteiger partial charge in [0.25, 0.3) is 11.8 Å². The van der Waals surface area contributed by atoms with Crippen molar-refractivity contribution in [3.63, 3.8) is 0 Å². The largest absolute Gasteiger partial charge is 0.497 e. The van der Waals surface area contributed by atoms with Crippen LogP contribution in [0.25, 0.3) is 11.5 Å². The molecule has 122 valence electrons. The second-order valence-corrected chi connectivity index (χ2v) is 5.17. The summed E-state index contributed by atoms with van der Waals surface area (Å²) in [4.78, 5) is 16.4. The normalized spacial score (nSPS) is 10.4. The number of ether oxygens (including phenoxy) is 1. The molecule has 1 N–H and O–H groups in total. The first-order valence-electron chi connectivity index (χ1n) is 7.48. The molecule has 3 rings (SSSR count). The van der Waals surface area contributed by atoms with Crippen LogP contribution in [0.15, 0.2) is 53.1 Å². The standard InChI is InChI=1S/C18H17N3O3/c1-19-17(22)14-5-3-4-6-15(14)18-20-16(21-24-18)11-12-7-9-13(23-2)10-8-12/h3-10H,11H2,1-2H3,(H,19,22). The Morgan fingerprint density at radius 3 is 2.62 bits per heavy atom. The molecule has 1 heterocycles. The maximum atomic E-state index is 12.0. The van der Waals surface area contributed by atoms with Gasteiger partial charge in [0.1, 0.15) is 5.75 Å². The van der Waals surface area contributed by atoms with Crippen molar-refractivity contribution in [3.05, 3.63) is 65.5 Å². The van der Waals surface area contributed by atoms with Crippen LogP contribution in [0, 0.1) is 0 Å². The van der Waals surface area contributed by atoms with Crippen molar-refractivity contribution in [2.75, 3.05) is 14.2 Å². The molecule has 0 aliphatic carbocycles. The van der Waals surface area contributed by atoms with E-state index in [1.54, 1.807) is 32.4 Å². The Morgan fingerprint density at radius 1 is 1.17 bits per heavy atom. The number of amides is 1. The summed E-state index contributed by atoms with van der Waals surface area (Å²) >= 11 is 0. The second kappa shape index (κ2) is 6.95. The van der Waals surface area contributed by atoms with Crippen LogP contribution in [0.4, 0.5) is 0 Å². The molecule has 0 saturated heterocycles. The van der Waals surface area contributed by atoms with Gasteiger partial charge in [0.15, 0.2) is 5.82 Å². The van der Waals surface area contributed by atoms with Gasteiger partial charge in [-0.3, -0.25) is 4.79 Å². The number of rotatable bonds is 5. The minimum absolute atomic E-state index is 0.194. The third-order valence-corrected chi connectivity index (χ3v) is 3.62. The quantitative estimate of drug-likeness (QED) is 0.781. The Hall–Kier alpha value is -3.15. The van der Waals surface area contributed by atoms with Crippen LogP contribution >= 0.6 is 0 Å². The van der Waals surface area contributed by atoms with Crippen LogP contribution in [0.2, 0.25) is 0 Å². The van der Waals surface area contributed by atoms with Crippen LogP contribution in [0.1, 0.15) is 21.7 Å². The van der Waals surface area contributed by atoms with Gasteiger partial charge >= 0.3 is 0 Å². The van der Waals surface area contributed by atoms with Gasteiger partial charge in [-0.1, -0.05) is 29.4 Å². The predicted molar refractivity (Wildman–Crippen MR) is 88.9 cm³/mol. The Morgan fingerprint density at radius 2 is 1.92 bits per heavy atom. The first-order valence-corrected chi connectivity index (χ1v) is 7.48. The zero-order valence-electron chi connectivity index (χ0n) is 13.4. The lowest BCUT2D eigenvalue weighted by Gasteiger charge is -2.03. The van der Waals surface area contributed by atoms with E-state index in [2.05, 4.69) is 15.5 Å². The highest BCUT2D eigenvalue weighted by Crippen LogP contribution is 2.23. The molecule has 0 aliphatic heterocycles. The average molecular weight is 323 g/mol. The SMILES string of the molecule is CNC(=O)c1ccccc1-c1nc(Cc2ccc(OC)cc2)no1. The minimum atomic E-state index is -0.194. The van der Waals surface area contributed by atoms with E-state index in [-0.39, 0.29) is 5.91 Å². The van der Waals surface area contributed by atoms with E-state index in [1.807, 2.05) is 30.3 Å². The molecular weight excluding hydrogens is 306 g/mol. The van der Waals surface area contributed by atoms with E-state index in [9.17, 15) is 4.79 Å². The lowest BCUT2D eigenvalue weighted by molar-refractivity contribution is 0.0963. The summed E-state index contributed by atoms with van der Waals surface area (Å²) in [6.07, 6.45) is 0.537. The smallest absolute Gasteiger partial charge is 0.258 e. The van der Waals surface area contributed by atoms with Crippen LogP contribution < -0.4 is 10.1 Å². The van der Waals surface area contributed by atoms with Gasteiger partial charge < -0.3 is 14.6 Å². The number of methoxy groups -OCH3 is 1. The highest BCUT2D eigenvalue weighted by molar-refractivity contribution is 5.99. The third kappa shape index (κ3) is 3.27. The lowest BCUT2D eigenvalue weighted by atomic mass is 10.1. The Balaban J connectivity index is 1.84. The van der Waals surface area contributed by atoms with Crippen molar-refractivity contribution in [1.29, 1.82) is 0 Å². The number of carbonyl (C=O) groups is 1. The fourth-order valence-electron chi connectivity index (χ4n) is 2.36. The van der Waals surface area contributed by atoms with Gasteiger partial charge in [-0.15, -0.1) is 0 Å². The molecule has 0 aliphatic rings. The molecule has 3 aromatic rings. The van der Waals surface area contributed by atoms with Crippen LogP contribution in [0.3, 0.4) is 0 Å². The molecular formula is C18H17N3O3. The minimum Gasteiger partial charge on any atom is -0.497 e. The molecule has 6 nitrogen and oxygen atoms in total. The van der Waals surface area contributed by atoms with E-state index in [0.29, 0.717) is 29.3 Å². The number of nitrogens with zero attached hydrogens (tertiary/aromatic N) is 2. The fraction of sp³-hybridized carbons (Fsp3) is 0.167. The first kappa shape index (κ1) is 15.7. The van der Waals surface area contributed by atoms with Gasteiger partial charge in [-0.05, 0) is 29.8 Å². The van der Waals surface area contributed by atoms with Crippen LogP contribution in [0.5, 0.6) is 5.75 Å². The molecule has 0 unspecified atom stereocenters. The first-order chi connectivity index (χ1) is 11.7. The predicted octanol–water partition coefficient (Wildman–Crippen LogP) is 2.70. The molecule has 1 amide bonds. The summed E-state index contributed by atoms with van der Waals surface area (Å²) in [7, 11) is 3.21. The maximum Gasteiger partial charge on any atom is 0.258 e. The highest BCUT2D eigenvalue weighted by Gasteiger charge is 2.16. The lowest BCUT2D eigenvalue weighted by Crippen LogP contribution is -2.18. The van der Waals surface area contributed by atoms with Gasteiger partial charge in [0.05, 0.1) is 18.2 Å². The van der Waals surface area contributed by atoms with Gasteiger partial charge in [-0.25, -0.2) is 0 Å². The molecule has 0 bridgehead atoms. The molecule has 0 atom stereocenters. The van der Waals surface area contributed by atoms with Crippen molar-refractivity contribution in [3.8, 4) is 17.2 Å². The van der Waals surface area contributed by atoms with Crippen LogP contribution in [-0.2, 0) is 6.42 Å². The fourth-order valence-corrected chi connectivity index (χ4v) is 2.36. The highest BCUT2D eigenvalue weighted by atomic mass is 16.5. The summed E-state index contributed by atoms with van der Waals surface area (Å²) in [5.74, 6) is 1.49. The van der Waals surface area contributed by atoms with E-state index in [4.69, 9.17) is 9.26 Å². The number of carbonyl (C=O) groups excluding carboxylic acids is 1. The van der Waals surface area contributed by atoms with Gasteiger partial charge in [0, 0.05) is 13.5 Å². The molecule has 0 fully saturated rings. The summed E-state index contributed by atoms with van der Waals surface area (Å²) < 4.78 is 10.5. The van der Waals surface area contributed by atoms with E-state index < -0.39 is 0 Å². The number of nitrogens with one attached hydrogen (secondary N) is 1. The zero-order chi connectivity index (χ0) is 16.9. The second-order valence-electron chi connectivity index (χ2n) is 5.17. The van der Waals surface area contributed by atoms with E-state index >= 15 is 0 Å². The van der Waals surface area contributed by atoms with Gasteiger partial charge in [0.2, 0.25) is 0 Å².